The SMILES string of the molecule is COc1cccc(-c2nnc(SCC(=O)Nc3c(C)cc(C)cc3C)o2)c1. The first-order chi connectivity index (χ1) is 13.0. The van der Waals surface area contributed by atoms with Crippen LogP contribution in [0.2, 0.25) is 0 Å². The molecule has 0 saturated carbocycles. The second-order valence-electron chi connectivity index (χ2n) is 6.22. The van der Waals surface area contributed by atoms with Gasteiger partial charge in [-0.25, -0.2) is 0 Å². The lowest BCUT2D eigenvalue weighted by molar-refractivity contribution is -0.113. The highest BCUT2D eigenvalue weighted by atomic mass is 32.2. The quantitative estimate of drug-likeness (QED) is 0.636. The fourth-order valence-electron chi connectivity index (χ4n) is 2.82. The minimum Gasteiger partial charge on any atom is -0.497 e. The molecular formula is C20H21N3O3S. The van der Waals surface area contributed by atoms with Gasteiger partial charge in [-0.05, 0) is 50.1 Å². The van der Waals surface area contributed by atoms with Crippen LogP contribution in [0.15, 0.2) is 46.0 Å². The number of rotatable bonds is 6. The molecule has 1 amide bonds. The van der Waals surface area contributed by atoms with Crippen LogP contribution >= 0.6 is 11.8 Å². The molecular weight excluding hydrogens is 362 g/mol. The summed E-state index contributed by atoms with van der Waals surface area (Å²) in [5, 5.41) is 11.3. The first-order valence-corrected chi connectivity index (χ1v) is 9.43. The molecule has 0 aliphatic carbocycles. The van der Waals surface area contributed by atoms with Crippen LogP contribution in [0.5, 0.6) is 5.75 Å². The van der Waals surface area contributed by atoms with E-state index in [4.69, 9.17) is 9.15 Å². The molecule has 27 heavy (non-hydrogen) atoms. The van der Waals surface area contributed by atoms with Gasteiger partial charge in [0.1, 0.15) is 5.75 Å². The first kappa shape index (κ1) is 19.0. The van der Waals surface area contributed by atoms with E-state index >= 15 is 0 Å². The third-order valence-corrected chi connectivity index (χ3v) is 4.81. The number of methoxy groups -OCH3 is 1. The van der Waals surface area contributed by atoms with Crippen LogP contribution in [0.1, 0.15) is 16.7 Å². The number of aryl methyl sites for hydroxylation is 3. The van der Waals surface area contributed by atoms with Gasteiger partial charge in [0.15, 0.2) is 0 Å². The van der Waals surface area contributed by atoms with Crippen molar-refractivity contribution >= 4 is 23.4 Å². The van der Waals surface area contributed by atoms with Gasteiger partial charge in [0.25, 0.3) is 5.22 Å². The average molecular weight is 383 g/mol. The fraction of sp³-hybridized carbons (Fsp3) is 0.250. The highest BCUT2D eigenvalue weighted by Crippen LogP contribution is 2.26. The second-order valence-corrected chi connectivity index (χ2v) is 7.14. The predicted octanol–water partition coefficient (Wildman–Crippen LogP) is 4.40. The summed E-state index contributed by atoms with van der Waals surface area (Å²) >= 11 is 1.20. The first-order valence-electron chi connectivity index (χ1n) is 8.44. The Morgan fingerprint density at radius 3 is 2.59 bits per heavy atom. The van der Waals surface area contributed by atoms with Crippen LogP contribution in [0.25, 0.3) is 11.5 Å². The van der Waals surface area contributed by atoms with E-state index in [0.29, 0.717) is 16.9 Å². The summed E-state index contributed by atoms with van der Waals surface area (Å²) in [6.45, 7) is 6.01. The summed E-state index contributed by atoms with van der Waals surface area (Å²) < 4.78 is 10.8. The maximum atomic E-state index is 12.3. The van der Waals surface area contributed by atoms with Crippen molar-refractivity contribution in [1.82, 2.24) is 10.2 Å². The minimum absolute atomic E-state index is 0.115. The number of nitrogens with zero attached hydrogens (tertiary/aromatic N) is 2. The van der Waals surface area contributed by atoms with Crippen LogP contribution < -0.4 is 10.1 Å². The van der Waals surface area contributed by atoms with Crippen LogP contribution in [0, 0.1) is 20.8 Å². The van der Waals surface area contributed by atoms with E-state index in [1.807, 2.05) is 57.2 Å². The smallest absolute Gasteiger partial charge is 0.277 e. The van der Waals surface area contributed by atoms with Crippen LogP contribution in [0.4, 0.5) is 5.69 Å². The predicted molar refractivity (Wildman–Crippen MR) is 106 cm³/mol. The molecule has 0 fully saturated rings. The molecule has 1 heterocycles. The fourth-order valence-corrected chi connectivity index (χ4v) is 3.38. The van der Waals surface area contributed by atoms with Crippen molar-refractivity contribution in [2.75, 3.05) is 18.2 Å². The lowest BCUT2D eigenvalue weighted by Crippen LogP contribution is -2.15. The maximum absolute atomic E-state index is 12.3. The van der Waals surface area contributed by atoms with Gasteiger partial charge >= 0.3 is 0 Å². The molecule has 0 aliphatic heterocycles. The average Bonchev–Trinajstić information content (AvgIpc) is 3.12. The number of carbonyl (C=O) groups excluding carboxylic acids is 1. The molecule has 2 aromatic carbocycles. The minimum atomic E-state index is -0.115. The standard InChI is InChI=1S/C20H21N3O3S/c1-12-8-13(2)18(14(3)9-12)21-17(24)11-27-20-23-22-19(26-20)15-6-5-7-16(10-15)25-4/h5-10H,11H2,1-4H3,(H,21,24). The van der Waals surface area contributed by atoms with E-state index in [-0.39, 0.29) is 11.7 Å². The second kappa shape index (κ2) is 8.26. The highest BCUT2D eigenvalue weighted by Gasteiger charge is 2.13. The Morgan fingerprint density at radius 2 is 1.89 bits per heavy atom. The Labute approximate surface area is 162 Å². The number of amides is 1. The molecule has 6 nitrogen and oxygen atoms in total. The van der Waals surface area contributed by atoms with E-state index in [1.54, 1.807) is 7.11 Å². The van der Waals surface area contributed by atoms with Gasteiger partial charge in [-0.2, -0.15) is 0 Å². The Kier molecular flexibility index (Phi) is 5.81. The van der Waals surface area contributed by atoms with Gasteiger partial charge in [-0.15, -0.1) is 10.2 Å². The number of aromatic nitrogens is 2. The van der Waals surface area contributed by atoms with E-state index in [0.717, 1.165) is 22.4 Å². The number of nitrogens with one attached hydrogen (secondary N) is 1. The van der Waals surface area contributed by atoms with Crippen molar-refractivity contribution < 1.29 is 13.9 Å². The number of thioether (sulfide) groups is 1. The van der Waals surface area contributed by atoms with Crippen molar-refractivity contribution in [1.29, 1.82) is 0 Å². The molecule has 3 aromatic rings. The summed E-state index contributed by atoms with van der Waals surface area (Å²) in [5.74, 6) is 1.17. The van der Waals surface area contributed by atoms with Gasteiger partial charge in [0, 0.05) is 11.3 Å². The zero-order valence-corrected chi connectivity index (χ0v) is 16.5. The Balaban J connectivity index is 1.62. The third-order valence-electron chi connectivity index (χ3n) is 3.99. The number of ether oxygens (including phenoxy) is 1. The molecule has 0 bridgehead atoms. The molecule has 0 spiro atoms. The van der Waals surface area contributed by atoms with Gasteiger partial charge in [0.05, 0.1) is 12.9 Å². The Hall–Kier alpha value is -2.80. The van der Waals surface area contributed by atoms with Crippen molar-refractivity contribution in [2.24, 2.45) is 0 Å². The van der Waals surface area contributed by atoms with Gasteiger partial charge in [-0.3, -0.25) is 4.79 Å². The zero-order chi connectivity index (χ0) is 19.4. The molecule has 1 aromatic heterocycles. The van der Waals surface area contributed by atoms with Crippen LogP contribution in [-0.4, -0.2) is 29.0 Å². The summed E-state index contributed by atoms with van der Waals surface area (Å²) in [7, 11) is 1.60. The maximum Gasteiger partial charge on any atom is 0.277 e. The summed E-state index contributed by atoms with van der Waals surface area (Å²) in [6.07, 6.45) is 0. The summed E-state index contributed by atoms with van der Waals surface area (Å²) in [5.41, 5.74) is 4.89. The highest BCUT2D eigenvalue weighted by molar-refractivity contribution is 7.99. The number of anilines is 1. The van der Waals surface area contributed by atoms with Crippen molar-refractivity contribution in [3.05, 3.63) is 53.1 Å². The van der Waals surface area contributed by atoms with Crippen LogP contribution in [0.3, 0.4) is 0 Å². The molecule has 3 rings (SSSR count). The molecule has 0 unspecified atom stereocenters. The monoisotopic (exact) mass is 383 g/mol. The molecule has 0 saturated heterocycles. The van der Waals surface area contributed by atoms with E-state index in [1.165, 1.54) is 17.3 Å². The van der Waals surface area contributed by atoms with Crippen molar-refractivity contribution in [2.45, 2.75) is 26.0 Å². The topological polar surface area (TPSA) is 77.2 Å². The van der Waals surface area contributed by atoms with Gasteiger partial charge in [-0.1, -0.05) is 35.5 Å². The molecule has 0 atom stereocenters. The summed E-state index contributed by atoms with van der Waals surface area (Å²) in [6, 6.07) is 11.5. The number of hydrogen-bond acceptors (Lipinski definition) is 6. The van der Waals surface area contributed by atoms with E-state index in [9.17, 15) is 4.79 Å². The van der Waals surface area contributed by atoms with E-state index in [2.05, 4.69) is 15.5 Å². The lowest BCUT2D eigenvalue weighted by Gasteiger charge is -2.12. The Bertz CT molecular complexity index is 946. The molecule has 0 aliphatic rings. The Morgan fingerprint density at radius 1 is 1.15 bits per heavy atom. The molecule has 0 radical (unpaired) electrons. The summed E-state index contributed by atoms with van der Waals surface area (Å²) in [4.78, 5) is 12.3. The van der Waals surface area contributed by atoms with Gasteiger partial charge < -0.3 is 14.5 Å². The zero-order valence-electron chi connectivity index (χ0n) is 15.7. The van der Waals surface area contributed by atoms with Gasteiger partial charge in [0.2, 0.25) is 11.8 Å². The lowest BCUT2D eigenvalue weighted by atomic mass is 10.1. The third kappa shape index (κ3) is 4.68. The molecule has 7 heteroatoms. The number of carbonyl (C=O) groups is 1. The number of benzene rings is 2. The molecule has 1 N–H and O–H groups in total. The number of hydrogen-bond donors (Lipinski definition) is 1. The van der Waals surface area contributed by atoms with Crippen LogP contribution in [-0.2, 0) is 4.79 Å². The largest absolute Gasteiger partial charge is 0.497 e. The normalized spacial score (nSPS) is 10.7. The van der Waals surface area contributed by atoms with E-state index < -0.39 is 0 Å². The molecule has 140 valence electrons. The van der Waals surface area contributed by atoms with Crippen molar-refractivity contribution in [3.63, 3.8) is 0 Å². The van der Waals surface area contributed by atoms with Crippen molar-refractivity contribution in [3.8, 4) is 17.2 Å².